The number of rotatable bonds is 3. The summed E-state index contributed by atoms with van der Waals surface area (Å²) in [7, 11) is 0. The zero-order valence-electron chi connectivity index (χ0n) is 8.52. The first-order chi connectivity index (χ1) is 5.64. The maximum Gasteiger partial charge on any atom is 0.0706 e. The predicted molar refractivity (Wildman–Crippen MR) is 51.3 cm³/mol. The van der Waals surface area contributed by atoms with Gasteiger partial charge in [-0.3, -0.25) is 0 Å². The van der Waals surface area contributed by atoms with Gasteiger partial charge in [0.25, 0.3) is 0 Å². The van der Waals surface area contributed by atoms with Gasteiger partial charge in [0.2, 0.25) is 0 Å². The highest BCUT2D eigenvalue weighted by atomic mass is 16.5. The normalized spacial score (nSPS) is 28.8. The lowest BCUT2D eigenvalue weighted by Crippen LogP contribution is -2.40. The van der Waals surface area contributed by atoms with E-state index in [1.165, 1.54) is 19.3 Å². The van der Waals surface area contributed by atoms with Crippen molar-refractivity contribution in [3.63, 3.8) is 0 Å². The minimum absolute atomic E-state index is 0.109. The summed E-state index contributed by atoms with van der Waals surface area (Å²) < 4.78 is 5.91. The summed E-state index contributed by atoms with van der Waals surface area (Å²) in [6.45, 7) is 8.56. The van der Waals surface area contributed by atoms with E-state index in [1.807, 2.05) is 0 Å². The van der Waals surface area contributed by atoms with E-state index < -0.39 is 0 Å². The summed E-state index contributed by atoms with van der Waals surface area (Å²) in [6, 6.07) is 0. The first-order valence-corrected chi connectivity index (χ1v) is 5.02. The number of hydrogen-bond acceptors (Lipinski definition) is 2. The average molecular weight is 171 g/mol. The summed E-state index contributed by atoms with van der Waals surface area (Å²) in [6.07, 6.45) is 4.17. The van der Waals surface area contributed by atoms with Gasteiger partial charge in [0, 0.05) is 6.54 Å². The molecule has 12 heavy (non-hydrogen) atoms. The average Bonchev–Trinajstić information content (AvgIpc) is 1.99. The molecule has 0 bridgehead atoms. The Bertz CT molecular complexity index is 134. The van der Waals surface area contributed by atoms with Crippen LogP contribution in [0.5, 0.6) is 0 Å². The Balaban J connectivity index is 2.26. The molecule has 1 unspecified atom stereocenters. The zero-order valence-corrected chi connectivity index (χ0v) is 8.52. The second-order valence-electron chi connectivity index (χ2n) is 4.20. The molecule has 0 spiro atoms. The molecule has 0 amide bonds. The first kappa shape index (κ1) is 10.0. The molecule has 1 heterocycles. The van der Waals surface area contributed by atoms with Gasteiger partial charge in [-0.25, -0.2) is 0 Å². The third-order valence-corrected chi connectivity index (χ3v) is 2.41. The van der Waals surface area contributed by atoms with Crippen LogP contribution < -0.4 is 5.32 Å². The summed E-state index contributed by atoms with van der Waals surface area (Å²) >= 11 is 0. The molecule has 1 rings (SSSR count). The van der Waals surface area contributed by atoms with Gasteiger partial charge < -0.3 is 10.1 Å². The fourth-order valence-corrected chi connectivity index (χ4v) is 1.77. The number of ether oxygens (including phenoxy) is 1. The van der Waals surface area contributed by atoms with Crippen LogP contribution >= 0.6 is 0 Å². The highest BCUT2D eigenvalue weighted by Gasteiger charge is 2.27. The van der Waals surface area contributed by atoms with Gasteiger partial charge in [0.1, 0.15) is 0 Å². The lowest BCUT2D eigenvalue weighted by Gasteiger charge is -2.36. The van der Waals surface area contributed by atoms with E-state index in [4.69, 9.17) is 4.74 Å². The summed E-state index contributed by atoms with van der Waals surface area (Å²) in [5.74, 6) is 0. The second-order valence-corrected chi connectivity index (χ2v) is 4.20. The van der Waals surface area contributed by atoms with Gasteiger partial charge >= 0.3 is 0 Å². The molecule has 0 aromatic heterocycles. The lowest BCUT2D eigenvalue weighted by molar-refractivity contribution is -0.104. The van der Waals surface area contributed by atoms with Crippen LogP contribution in [0.2, 0.25) is 0 Å². The number of nitrogens with one attached hydrogen (secondary N) is 1. The maximum absolute atomic E-state index is 5.91. The van der Waals surface area contributed by atoms with E-state index in [0.717, 1.165) is 13.1 Å². The van der Waals surface area contributed by atoms with E-state index in [2.05, 4.69) is 26.1 Å². The number of likely N-dealkylation sites (N-methyl/N-ethyl adjacent to an activating group) is 1. The highest BCUT2D eigenvalue weighted by molar-refractivity contribution is 4.78. The van der Waals surface area contributed by atoms with Crippen LogP contribution in [-0.2, 0) is 4.74 Å². The van der Waals surface area contributed by atoms with Crippen molar-refractivity contribution in [1.82, 2.24) is 5.32 Å². The molecule has 0 aliphatic carbocycles. The molecule has 1 saturated heterocycles. The van der Waals surface area contributed by atoms with Crippen LogP contribution in [0.25, 0.3) is 0 Å². The summed E-state index contributed by atoms with van der Waals surface area (Å²) in [5, 5.41) is 3.33. The van der Waals surface area contributed by atoms with E-state index in [9.17, 15) is 0 Å². The Labute approximate surface area is 75.7 Å². The molecule has 1 fully saturated rings. The van der Waals surface area contributed by atoms with Gasteiger partial charge in [-0.15, -0.1) is 0 Å². The SMILES string of the molecule is CCNCC1CCCC(C)(C)O1. The first-order valence-electron chi connectivity index (χ1n) is 5.02. The van der Waals surface area contributed by atoms with Crippen molar-refractivity contribution in [1.29, 1.82) is 0 Å². The summed E-state index contributed by atoms with van der Waals surface area (Å²) in [5.41, 5.74) is 0.109. The monoisotopic (exact) mass is 171 g/mol. The van der Waals surface area contributed by atoms with Crippen molar-refractivity contribution in [3.05, 3.63) is 0 Å². The van der Waals surface area contributed by atoms with Gasteiger partial charge in [-0.2, -0.15) is 0 Å². The molecular formula is C10H21NO. The summed E-state index contributed by atoms with van der Waals surface area (Å²) in [4.78, 5) is 0. The van der Waals surface area contributed by atoms with Crippen LogP contribution in [0.1, 0.15) is 40.0 Å². The molecular weight excluding hydrogens is 150 g/mol. The fourth-order valence-electron chi connectivity index (χ4n) is 1.77. The minimum atomic E-state index is 0.109. The van der Waals surface area contributed by atoms with Crippen LogP contribution in [0.15, 0.2) is 0 Å². The Morgan fingerprint density at radius 3 is 2.83 bits per heavy atom. The molecule has 1 aliphatic rings. The number of hydrogen-bond donors (Lipinski definition) is 1. The van der Waals surface area contributed by atoms with Crippen molar-refractivity contribution in [2.24, 2.45) is 0 Å². The third-order valence-electron chi connectivity index (χ3n) is 2.41. The van der Waals surface area contributed by atoms with Crippen molar-refractivity contribution in [2.75, 3.05) is 13.1 Å². The Kier molecular flexibility index (Phi) is 3.53. The van der Waals surface area contributed by atoms with Crippen LogP contribution in [0.4, 0.5) is 0 Å². The van der Waals surface area contributed by atoms with Gasteiger partial charge in [-0.05, 0) is 39.7 Å². The van der Waals surface area contributed by atoms with Crippen LogP contribution in [-0.4, -0.2) is 24.8 Å². The molecule has 2 heteroatoms. The topological polar surface area (TPSA) is 21.3 Å². The molecule has 0 radical (unpaired) electrons. The predicted octanol–water partition coefficient (Wildman–Crippen LogP) is 1.94. The molecule has 0 aromatic carbocycles. The molecule has 0 saturated carbocycles. The standard InChI is InChI=1S/C10H21NO/c1-4-11-8-9-6-5-7-10(2,3)12-9/h9,11H,4-8H2,1-3H3. The van der Waals surface area contributed by atoms with Gasteiger partial charge in [0.15, 0.2) is 0 Å². The molecule has 2 nitrogen and oxygen atoms in total. The zero-order chi connectivity index (χ0) is 9.03. The second kappa shape index (κ2) is 4.24. The van der Waals surface area contributed by atoms with Crippen LogP contribution in [0.3, 0.4) is 0 Å². The fraction of sp³-hybridized carbons (Fsp3) is 1.00. The molecule has 1 N–H and O–H groups in total. The maximum atomic E-state index is 5.91. The largest absolute Gasteiger partial charge is 0.371 e. The van der Waals surface area contributed by atoms with Crippen molar-refractivity contribution in [2.45, 2.75) is 51.7 Å². The highest BCUT2D eigenvalue weighted by Crippen LogP contribution is 2.27. The van der Waals surface area contributed by atoms with Crippen molar-refractivity contribution < 1.29 is 4.74 Å². The van der Waals surface area contributed by atoms with E-state index in [0.29, 0.717) is 6.10 Å². The Hall–Kier alpha value is -0.0800. The lowest BCUT2D eigenvalue weighted by atomic mass is 9.95. The van der Waals surface area contributed by atoms with Gasteiger partial charge in [0.05, 0.1) is 11.7 Å². The Morgan fingerprint density at radius 2 is 2.25 bits per heavy atom. The Morgan fingerprint density at radius 1 is 1.50 bits per heavy atom. The molecule has 72 valence electrons. The quantitative estimate of drug-likeness (QED) is 0.700. The van der Waals surface area contributed by atoms with E-state index >= 15 is 0 Å². The molecule has 1 aliphatic heterocycles. The molecule has 0 aromatic rings. The van der Waals surface area contributed by atoms with Crippen LogP contribution in [0, 0.1) is 0 Å². The molecule has 1 atom stereocenters. The van der Waals surface area contributed by atoms with Crippen molar-refractivity contribution >= 4 is 0 Å². The van der Waals surface area contributed by atoms with Gasteiger partial charge in [-0.1, -0.05) is 6.92 Å². The van der Waals surface area contributed by atoms with E-state index in [1.54, 1.807) is 0 Å². The van der Waals surface area contributed by atoms with E-state index in [-0.39, 0.29) is 5.60 Å². The smallest absolute Gasteiger partial charge is 0.0706 e. The third kappa shape index (κ3) is 3.11. The van der Waals surface area contributed by atoms with Crippen molar-refractivity contribution in [3.8, 4) is 0 Å². The minimum Gasteiger partial charge on any atom is -0.371 e.